The Labute approximate surface area is 308 Å². The zero-order valence-electron chi connectivity index (χ0n) is 29.3. The molecule has 4 N–H and O–H groups in total. The Morgan fingerprint density at radius 2 is 1.38 bits per heavy atom. The summed E-state index contributed by atoms with van der Waals surface area (Å²) in [4.78, 5) is 39.7. The van der Waals surface area contributed by atoms with E-state index in [2.05, 4.69) is 17.2 Å². The lowest BCUT2D eigenvalue weighted by Crippen LogP contribution is -2.45. The summed E-state index contributed by atoms with van der Waals surface area (Å²) in [6.07, 6.45) is 2.49. The molecule has 0 heterocycles. The van der Waals surface area contributed by atoms with E-state index in [4.69, 9.17) is 19.9 Å². The lowest BCUT2D eigenvalue weighted by Gasteiger charge is -2.21. The number of amides is 2. The van der Waals surface area contributed by atoms with Gasteiger partial charge < -0.3 is 30.6 Å². The van der Waals surface area contributed by atoms with E-state index < -0.39 is 23.8 Å². The summed E-state index contributed by atoms with van der Waals surface area (Å²) in [6.45, 7) is 4.23. The van der Waals surface area contributed by atoms with Crippen LogP contribution in [0, 0.1) is 0 Å². The molecule has 0 saturated carbocycles. The Bertz CT molecular complexity index is 2240. The lowest BCUT2D eigenvalue weighted by molar-refractivity contribution is -0.128. The number of carbonyl (C=O) groups is 3. The Morgan fingerprint density at radius 1 is 0.736 bits per heavy atom. The van der Waals surface area contributed by atoms with Crippen molar-refractivity contribution in [2.24, 2.45) is 5.73 Å². The van der Waals surface area contributed by atoms with Crippen molar-refractivity contribution in [3.8, 4) is 22.6 Å². The molecular formula is C44H41N3O6. The van der Waals surface area contributed by atoms with Gasteiger partial charge in [0.2, 0.25) is 5.91 Å². The van der Waals surface area contributed by atoms with E-state index in [1.54, 1.807) is 24.3 Å². The SMILES string of the molecule is C=CCOc1ccc2ccccc2c1-c1c(OCC(=O)N[C@H](CCCN)C(=O)Nc2cccc(C(=O)OCc3ccccc3)c2)ccc2ccccc12. The van der Waals surface area contributed by atoms with Gasteiger partial charge in [-0.25, -0.2) is 4.79 Å². The van der Waals surface area contributed by atoms with Gasteiger partial charge in [0, 0.05) is 16.8 Å². The summed E-state index contributed by atoms with van der Waals surface area (Å²) in [7, 11) is 0. The number of carbonyl (C=O) groups excluding carboxylic acids is 3. The molecule has 0 fully saturated rings. The van der Waals surface area contributed by atoms with Crippen LogP contribution in [0.5, 0.6) is 11.5 Å². The van der Waals surface area contributed by atoms with Crippen LogP contribution in [0.15, 0.2) is 140 Å². The molecule has 0 aromatic heterocycles. The molecule has 0 aliphatic carbocycles. The number of ether oxygens (including phenoxy) is 3. The van der Waals surface area contributed by atoms with Gasteiger partial charge in [-0.2, -0.15) is 0 Å². The summed E-state index contributed by atoms with van der Waals surface area (Å²) < 4.78 is 17.9. The van der Waals surface area contributed by atoms with Crippen LogP contribution in [0.25, 0.3) is 32.7 Å². The van der Waals surface area contributed by atoms with Gasteiger partial charge in [-0.15, -0.1) is 0 Å². The van der Waals surface area contributed by atoms with Crippen LogP contribution >= 0.6 is 0 Å². The predicted molar refractivity (Wildman–Crippen MR) is 209 cm³/mol. The third-order valence-electron chi connectivity index (χ3n) is 8.67. The molecule has 0 unspecified atom stereocenters. The van der Waals surface area contributed by atoms with Gasteiger partial charge in [-0.3, -0.25) is 9.59 Å². The van der Waals surface area contributed by atoms with Crippen molar-refractivity contribution in [2.45, 2.75) is 25.5 Å². The van der Waals surface area contributed by atoms with E-state index >= 15 is 0 Å². The number of fused-ring (bicyclic) bond motifs is 2. The number of esters is 1. The standard InChI is InChI=1S/C44H41N3O6/c1-2-26-51-38-23-21-31-14-6-8-18-35(31)41(38)42-36-19-9-7-15-32(36)22-24-39(42)52-29-40(48)47-37(20-11-25-45)43(49)46-34-17-10-16-33(27-34)44(50)53-28-30-12-4-3-5-13-30/h2-10,12-19,21-24,27,37H,1,11,20,25-26,28-29,45H2,(H,46,49)(H,47,48)/t37-/m1/s1. The van der Waals surface area contributed by atoms with Crippen LogP contribution in [-0.2, 0) is 20.9 Å². The maximum Gasteiger partial charge on any atom is 0.338 e. The number of nitrogens with one attached hydrogen (secondary N) is 2. The van der Waals surface area contributed by atoms with Gasteiger partial charge in [0.25, 0.3) is 5.91 Å². The second-order valence-electron chi connectivity index (χ2n) is 12.4. The molecule has 0 radical (unpaired) electrons. The van der Waals surface area contributed by atoms with Crippen molar-refractivity contribution >= 4 is 45.0 Å². The van der Waals surface area contributed by atoms with Crippen molar-refractivity contribution in [2.75, 3.05) is 25.1 Å². The molecule has 6 rings (SSSR count). The molecule has 0 aliphatic rings. The van der Waals surface area contributed by atoms with Gasteiger partial charge in [0.1, 0.15) is 30.8 Å². The van der Waals surface area contributed by atoms with Crippen molar-refractivity contribution in [1.82, 2.24) is 5.32 Å². The third kappa shape index (κ3) is 9.08. The normalized spacial score (nSPS) is 11.4. The first-order valence-corrected chi connectivity index (χ1v) is 17.5. The first-order chi connectivity index (χ1) is 25.9. The second kappa shape index (κ2) is 17.7. The minimum atomic E-state index is -0.906. The Kier molecular flexibility index (Phi) is 12.1. The third-order valence-corrected chi connectivity index (χ3v) is 8.67. The molecule has 0 saturated heterocycles. The zero-order chi connectivity index (χ0) is 37.0. The van der Waals surface area contributed by atoms with Crippen molar-refractivity contribution in [3.63, 3.8) is 0 Å². The fourth-order valence-corrected chi connectivity index (χ4v) is 6.14. The average Bonchev–Trinajstić information content (AvgIpc) is 3.20. The van der Waals surface area contributed by atoms with Crippen LogP contribution < -0.4 is 25.8 Å². The lowest BCUT2D eigenvalue weighted by atomic mass is 9.92. The average molecular weight is 708 g/mol. The molecule has 0 spiro atoms. The topological polar surface area (TPSA) is 129 Å². The fraction of sp³-hybridized carbons (Fsp3) is 0.159. The predicted octanol–water partition coefficient (Wildman–Crippen LogP) is 7.82. The van der Waals surface area contributed by atoms with E-state index in [0.29, 0.717) is 43.2 Å². The molecule has 2 amide bonds. The van der Waals surface area contributed by atoms with E-state index in [-0.39, 0.29) is 18.8 Å². The summed E-state index contributed by atoms with van der Waals surface area (Å²) in [6, 6.07) is 38.7. The fourth-order valence-electron chi connectivity index (χ4n) is 6.14. The van der Waals surface area contributed by atoms with Crippen molar-refractivity contribution in [3.05, 3.63) is 151 Å². The van der Waals surface area contributed by atoms with Crippen molar-refractivity contribution in [1.29, 1.82) is 0 Å². The van der Waals surface area contributed by atoms with Crippen LogP contribution in [-0.4, -0.2) is 43.6 Å². The van der Waals surface area contributed by atoms with E-state index in [0.717, 1.165) is 38.2 Å². The maximum absolute atomic E-state index is 13.5. The smallest absolute Gasteiger partial charge is 0.338 e. The van der Waals surface area contributed by atoms with Gasteiger partial charge in [0.05, 0.1) is 5.56 Å². The highest BCUT2D eigenvalue weighted by Gasteiger charge is 2.23. The molecule has 6 aromatic rings. The second-order valence-corrected chi connectivity index (χ2v) is 12.4. The largest absolute Gasteiger partial charge is 0.489 e. The highest BCUT2D eigenvalue weighted by atomic mass is 16.5. The number of anilines is 1. The van der Waals surface area contributed by atoms with E-state index in [1.165, 1.54) is 6.07 Å². The molecule has 0 bridgehead atoms. The zero-order valence-corrected chi connectivity index (χ0v) is 29.3. The van der Waals surface area contributed by atoms with E-state index in [1.807, 2.05) is 103 Å². The summed E-state index contributed by atoms with van der Waals surface area (Å²) in [5.74, 6) is -0.321. The summed E-state index contributed by atoms with van der Waals surface area (Å²) in [5.41, 5.74) is 8.93. The molecule has 6 aromatic carbocycles. The molecule has 1 atom stereocenters. The Balaban J connectivity index is 1.20. The van der Waals surface area contributed by atoms with Crippen LogP contribution in [0.2, 0.25) is 0 Å². The van der Waals surface area contributed by atoms with Gasteiger partial charge in [-0.05, 0) is 76.8 Å². The monoisotopic (exact) mass is 707 g/mol. The highest BCUT2D eigenvalue weighted by Crippen LogP contribution is 2.45. The molecule has 9 nitrogen and oxygen atoms in total. The first kappa shape index (κ1) is 36.3. The van der Waals surface area contributed by atoms with Crippen LogP contribution in [0.1, 0.15) is 28.8 Å². The molecule has 9 heteroatoms. The van der Waals surface area contributed by atoms with Gasteiger partial charge >= 0.3 is 5.97 Å². The van der Waals surface area contributed by atoms with Gasteiger partial charge in [0.15, 0.2) is 6.61 Å². The number of rotatable bonds is 16. The number of benzene rings is 6. The number of hydrogen-bond donors (Lipinski definition) is 3. The minimum Gasteiger partial charge on any atom is -0.489 e. The molecular weight excluding hydrogens is 666 g/mol. The number of nitrogens with two attached hydrogens (primary N) is 1. The van der Waals surface area contributed by atoms with Crippen LogP contribution in [0.4, 0.5) is 5.69 Å². The van der Waals surface area contributed by atoms with Gasteiger partial charge in [-0.1, -0.05) is 110 Å². The van der Waals surface area contributed by atoms with Crippen LogP contribution in [0.3, 0.4) is 0 Å². The maximum atomic E-state index is 13.5. The Hall–Kier alpha value is -6.45. The van der Waals surface area contributed by atoms with Crippen molar-refractivity contribution < 1.29 is 28.6 Å². The summed E-state index contributed by atoms with van der Waals surface area (Å²) >= 11 is 0. The molecule has 53 heavy (non-hydrogen) atoms. The number of hydrogen-bond acceptors (Lipinski definition) is 7. The quantitative estimate of drug-likeness (QED) is 0.0691. The van der Waals surface area contributed by atoms with E-state index in [9.17, 15) is 14.4 Å². The molecule has 268 valence electrons. The highest BCUT2D eigenvalue weighted by molar-refractivity contribution is 6.10. The minimum absolute atomic E-state index is 0.123. The molecule has 0 aliphatic heterocycles. The first-order valence-electron chi connectivity index (χ1n) is 17.5. The summed E-state index contributed by atoms with van der Waals surface area (Å²) in [5, 5.41) is 9.56. The Morgan fingerprint density at radius 3 is 2.04 bits per heavy atom.